The normalized spacial score (nSPS) is 10.7. The van der Waals surface area contributed by atoms with Crippen LogP contribution in [0.15, 0.2) is 34.7 Å². The highest BCUT2D eigenvalue weighted by atomic mass is 19.1. The lowest BCUT2D eigenvalue weighted by molar-refractivity contribution is 0.496. The molecule has 0 saturated heterocycles. The van der Waals surface area contributed by atoms with E-state index >= 15 is 0 Å². The van der Waals surface area contributed by atoms with Gasteiger partial charge in [-0.05, 0) is 31.3 Å². The second kappa shape index (κ2) is 4.45. The molecule has 0 unspecified atom stereocenters. The fourth-order valence-electron chi connectivity index (χ4n) is 1.51. The molecule has 0 aliphatic rings. The highest BCUT2D eigenvalue weighted by Gasteiger charge is 2.14. The van der Waals surface area contributed by atoms with E-state index in [2.05, 4.69) is 5.32 Å². The number of halogens is 2. The molecule has 0 radical (unpaired) electrons. The average Bonchev–Trinajstić information content (AvgIpc) is 2.67. The molecule has 1 aromatic heterocycles. The number of hydrogen-bond acceptors (Lipinski definition) is 2. The Morgan fingerprint density at radius 1 is 1.12 bits per heavy atom. The largest absolute Gasteiger partial charge is 0.460 e. The van der Waals surface area contributed by atoms with E-state index in [0.717, 1.165) is 0 Å². The molecule has 2 aromatic rings. The zero-order chi connectivity index (χ0) is 11.5. The third-order valence-electron chi connectivity index (χ3n) is 2.22. The van der Waals surface area contributed by atoms with E-state index in [4.69, 9.17) is 4.42 Å². The Bertz CT molecular complexity index is 473. The van der Waals surface area contributed by atoms with Crippen LogP contribution in [0, 0.1) is 11.6 Å². The predicted molar refractivity (Wildman–Crippen MR) is 56.8 cm³/mol. The van der Waals surface area contributed by atoms with Gasteiger partial charge in [-0.1, -0.05) is 6.07 Å². The Morgan fingerprint density at radius 3 is 2.44 bits per heavy atom. The molecule has 2 rings (SSSR count). The highest BCUT2D eigenvalue weighted by molar-refractivity contribution is 5.59. The van der Waals surface area contributed by atoms with E-state index in [9.17, 15) is 8.78 Å². The topological polar surface area (TPSA) is 25.2 Å². The monoisotopic (exact) mass is 223 g/mol. The molecule has 0 spiro atoms. The molecule has 4 heteroatoms. The summed E-state index contributed by atoms with van der Waals surface area (Å²) in [7, 11) is 1.77. The van der Waals surface area contributed by atoms with Crippen LogP contribution in [0.5, 0.6) is 0 Å². The fourth-order valence-corrected chi connectivity index (χ4v) is 1.51. The van der Waals surface area contributed by atoms with Crippen LogP contribution >= 0.6 is 0 Å². The van der Waals surface area contributed by atoms with Gasteiger partial charge in [0.1, 0.15) is 23.2 Å². The number of benzene rings is 1. The molecule has 1 heterocycles. The quantitative estimate of drug-likeness (QED) is 0.865. The summed E-state index contributed by atoms with van der Waals surface area (Å²) in [5.74, 6) is -0.392. The molecule has 84 valence electrons. The molecule has 0 amide bonds. The van der Waals surface area contributed by atoms with Crippen molar-refractivity contribution in [3.8, 4) is 11.3 Å². The number of hydrogen-bond donors (Lipinski definition) is 1. The first-order valence-corrected chi connectivity index (χ1v) is 4.90. The van der Waals surface area contributed by atoms with E-state index in [-0.39, 0.29) is 11.3 Å². The van der Waals surface area contributed by atoms with Gasteiger partial charge in [0.2, 0.25) is 0 Å². The van der Waals surface area contributed by atoms with E-state index < -0.39 is 11.6 Å². The Hall–Kier alpha value is -1.68. The van der Waals surface area contributed by atoms with Gasteiger partial charge in [-0.3, -0.25) is 0 Å². The maximum Gasteiger partial charge on any atom is 0.140 e. The first-order chi connectivity index (χ1) is 7.72. The van der Waals surface area contributed by atoms with Crippen LogP contribution in [0.1, 0.15) is 5.76 Å². The highest BCUT2D eigenvalue weighted by Crippen LogP contribution is 2.27. The lowest BCUT2D eigenvalue weighted by Gasteiger charge is -2.01. The lowest BCUT2D eigenvalue weighted by Crippen LogP contribution is -2.03. The predicted octanol–water partition coefficient (Wildman–Crippen LogP) is 2.94. The number of rotatable bonds is 3. The Morgan fingerprint density at radius 2 is 1.81 bits per heavy atom. The first-order valence-electron chi connectivity index (χ1n) is 4.90. The molecule has 0 saturated carbocycles. The van der Waals surface area contributed by atoms with Crippen molar-refractivity contribution < 1.29 is 13.2 Å². The SMILES string of the molecule is CNCc1ccc(-c2c(F)cccc2F)o1. The van der Waals surface area contributed by atoms with E-state index in [1.165, 1.54) is 18.2 Å². The molecule has 0 fully saturated rings. The molecule has 0 atom stereocenters. The van der Waals surface area contributed by atoms with Crippen LogP contribution in [0.4, 0.5) is 8.78 Å². The van der Waals surface area contributed by atoms with Gasteiger partial charge < -0.3 is 9.73 Å². The number of nitrogens with one attached hydrogen (secondary N) is 1. The summed E-state index contributed by atoms with van der Waals surface area (Å²) in [6.45, 7) is 0.524. The second-order valence-electron chi connectivity index (χ2n) is 3.39. The molecule has 0 aliphatic carbocycles. The molecular weight excluding hydrogens is 212 g/mol. The van der Waals surface area contributed by atoms with Gasteiger partial charge in [-0.15, -0.1) is 0 Å². The Kier molecular flexibility index (Phi) is 3.01. The van der Waals surface area contributed by atoms with Crippen molar-refractivity contribution in [2.45, 2.75) is 6.54 Å². The smallest absolute Gasteiger partial charge is 0.140 e. The van der Waals surface area contributed by atoms with Crippen LogP contribution in [-0.2, 0) is 6.54 Å². The molecule has 16 heavy (non-hydrogen) atoms. The van der Waals surface area contributed by atoms with E-state index in [1.54, 1.807) is 19.2 Å². The molecule has 0 aliphatic heterocycles. The van der Waals surface area contributed by atoms with Crippen molar-refractivity contribution in [3.05, 3.63) is 47.7 Å². The minimum atomic E-state index is -0.620. The average molecular weight is 223 g/mol. The maximum atomic E-state index is 13.4. The first kappa shape index (κ1) is 10.8. The molecule has 2 nitrogen and oxygen atoms in total. The van der Waals surface area contributed by atoms with Gasteiger partial charge in [-0.2, -0.15) is 0 Å². The van der Waals surface area contributed by atoms with Crippen molar-refractivity contribution in [2.24, 2.45) is 0 Å². The van der Waals surface area contributed by atoms with E-state index in [0.29, 0.717) is 12.3 Å². The second-order valence-corrected chi connectivity index (χ2v) is 3.39. The van der Waals surface area contributed by atoms with Crippen LogP contribution in [0.2, 0.25) is 0 Å². The van der Waals surface area contributed by atoms with Crippen LogP contribution in [0.3, 0.4) is 0 Å². The summed E-state index contributed by atoms with van der Waals surface area (Å²) in [5.41, 5.74) is -0.121. The zero-order valence-electron chi connectivity index (χ0n) is 8.76. The van der Waals surface area contributed by atoms with Gasteiger partial charge in [0, 0.05) is 0 Å². The van der Waals surface area contributed by atoms with Gasteiger partial charge in [-0.25, -0.2) is 8.78 Å². The van der Waals surface area contributed by atoms with Crippen molar-refractivity contribution in [2.75, 3.05) is 7.05 Å². The van der Waals surface area contributed by atoms with Gasteiger partial charge in [0.05, 0.1) is 12.1 Å². The van der Waals surface area contributed by atoms with Crippen molar-refractivity contribution >= 4 is 0 Å². The molecular formula is C12H11F2NO. The van der Waals surface area contributed by atoms with Crippen LogP contribution < -0.4 is 5.32 Å². The Labute approximate surface area is 91.9 Å². The molecule has 1 aromatic carbocycles. The van der Waals surface area contributed by atoms with Gasteiger partial charge in [0.15, 0.2) is 0 Å². The third-order valence-corrected chi connectivity index (χ3v) is 2.22. The molecule has 1 N–H and O–H groups in total. The summed E-state index contributed by atoms with van der Waals surface area (Å²) in [6, 6.07) is 6.99. The summed E-state index contributed by atoms with van der Waals surface area (Å²) < 4.78 is 32.2. The van der Waals surface area contributed by atoms with Gasteiger partial charge in [0.25, 0.3) is 0 Å². The Balaban J connectivity index is 2.42. The summed E-state index contributed by atoms with van der Waals surface area (Å²) in [5, 5.41) is 2.90. The summed E-state index contributed by atoms with van der Waals surface area (Å²) in [6.07, 6.45) is 0. The van der Waals surface area contributed by atoms with Crippen LogP contribution in [0.25, 0.3) is 11.3 Å². The van der Waals surface area contributed by atoms with Crippen molar-refractivity contribution in [3.63, 3.8) is 0 Å². The minimum absolute atomic E-state index is 0.121. The maximum absolute atomic E-state index is 13.4. The summed E-state index contributed by atoms with van der Waals surface area (Å²) >= 11 is 0. The fraction of sp³-hybridized carbons (Fsp3) is 0.167. The van der Waals surface area contributed by atoms with Crippen molar-refractivity contribution in [1.29, 1.82) is 0 Å². The zero-order valence-corrected chi connectivity index (χ0v) is 8.76. The van der Waals surface area contributed by atoms with Gasteiger partial charge >= 0.3 is 0 Å². The molecule has 0 bridgehead atoms. The summed E-state index contributed by atoms with van der Waals surface area (Å²) in [4.78, 5) is 0. The standard InChI is InChI=1S/C12H11F2NO/c1-15-7-8-5-6-11(16-8)12-9(13)3-2-4-10(12)14/h2-6,15H,7H2,1H3. The lowest BCUT2D eigenvalue weighted by atomic mass is 10.1. The number of furan rings is 1. The third kappa shape index (κ3) is 1.97. The van der Waals surface area contributed by atoms with Crippen molar-refractivity contribution in [1.82, 2.24) is 5.32 Å². The van der Waals surface area contributed by atoms with E-state index in [1.807, 2.05) is 0 Å². The minimum Gasteiger partial charge on any atom is -0.460 e. The van der Waals surface area contributed by atoms with Crippen LogP contribution in [-0.4, -0.2) is 7.05 Å².